The summed E-state index contributed by atoms with van der Waals surface area (Å²) < 4.78 is 0. The minimum absolute atomic E-state index is 0.276. The molecule has 0 saturated heterocycles. The average Bonchev–Trinajstić information content (AvgIpc) is 2.26. The third-order valence-electron chi connectivity index (χ3n) is 3.09. The summed E-state index contributed by atoms with van der Waals surface area (Å²) in [5.74, 6) is 2.04. The number of nitrogens with one attached hydrogen (secondary N) is 1. The van der Waals surface area contributed by atoms with Crippen LogP contribution in [0.2, 0.25) is 0 Å². The minimum atomic E-state index is 0.276. The highest BCUT2D eigenvalue weighted by Gasteiger charge is 2.29. The van der Waals surface area contributed by atoms with Gasteiger partial charge >= 0.3 is 0 Å². The predicted octanol–water partition coefficient (Wildman–Crippen LogP) is 3.27. The highest BCUT2D eigenvalue weighted by molar-refractivity contribution is 7.98. The van der Waals surface area contributed by atoms with Gasteiger partial charge in [0.15, 0.2) is 0 Å². The Kier molecular flexibility index (Phi) is 6.31. The van der Waals surface area contributed by atoms with Crippen molar-refractivity contribution in [1.29, 1.82) is 0 Å². The normalized spacial score (nSPS) is 21.0. The maximum absolute atomic E-state index is 6.08. The van der Waals surface area contributed by atoms with Crippen molar-refractivity contribution in [2.75, 3.05) is 24.4 Å². The van der Waals surface area contributed by atoms with Crippen LogP contribution in [0.3, 0.4) is 0 Å². The van der Waals surface area contributed by atoms with Gasteiger partial charge in [0, 0.05) is 11.4 Å². The monoisotopic (exact) mass is 235 g/mol. The summed E-state index contributed by atoms with van der Waals surface area (Å²) in [5, 5.41) is 3.67. The highest BCUT2D eigenvalue weighted by atomic mass is 35.5. The van der Waals surface area contributed by atoms with E-state index in [4.69, 9.17) is 11.6 Å². The third kappa shape index (κ3) is 4.00. The third-order valence-corrected chi connectivity index (χ3v) is 4.30. The van der Waals surface area contributed by atoms with Gasteiger partial charge in [-0.15, -0.1) is 11.6 Å². The smallest absolute Gasteiger partial charge is 0.0406 e. The molecular weight excluding hydrogens is 214 g/mol. The van der Waals surface area contributed by atoms with E-state index in [2.05, 4.69) is 11.6 Å². The van der Waals surface area contributed by atoms with Crippen LogP contribution in [0.25, 0.3) is 0 Å². The summed E-state index contributed by atoms with van der Waals surface area (Å²) in [4.78, 5) is 0. The Bertz CT molecular complexity index is 146. The summed E-state index contributed by atoms with van der Waals surface area (Å²) >= 11 is 8.00. The summed E-state index contributed by atoms with van der Waals surface area (Å²) in [6, 6.07) is 0. The molecule has 0 spiro atoms. The zero-order valence-electron chi connectivity index (χ0n) is 9.15. The topological polar surface area (TPSA) is 12.0 Å². The van der Waals surface area contributed by atoms with Crippen molar-refractivity contribution in [3.8, 4) is 0 Å². The van der Waals surface area contributed by atoms with E-state index in [1.54, 1.807) is 0 Å². The predicted molar refractivity (Wildman–Crippen MR) is 67.5 cm³/mol. The number of alkyl halides is 1. The van der Waals surface area contributed by atoms with E-state index in [-0.39, 0.29) is 5.54 Å². The Balaban J connectivity index is 2.22. The lowest BCUT2D eigenvalue weighted by atomic mass is 9.83. The molecule has 1 rings (SSSR count). The molecule has 14 heavy (non-hydrogen) atoms. The van der Waals surface area contributed by atoms with Crippen molar-refractivity contribution in [3.05, 3.63) is 0 Å². The zero-order valence-corrected chi connectivity index (χ0v) is 10.7. The van der Waals surface area contributed by atoms with Crippen LogP contribution in [0.15, 0.2) is 0 Å². The van der Waals surface area contributed by atoms with Gasteiger partial charge in [-0.3, -0.25) is 0 Å². The summed E-state index contributed by atoms with van der Waals surface area (Å²) in [6.45, 7) is 1.13. The van der Waals surface area contributed by atoms with E-state index in [9.17, 15) is 0 Å². The van der Waals surface area contributed by atoms with Gasteiger partial charge in [0.2, 0.25) is 0 Å². The fraction of sp³-hybridized carbons (Fsp3) is 1.00. The van der Waals surface area contributed by atoms with Crippen molar-refractivity contribution in [3.63, 3.8) is 0 Å². The van der Waals surface area contributed by atoms with Gasteiger partial charge < -0.3 is 5.32 Å². The molecule has 1 N–H and O–H groups in total. The Morgan fingerprint density at radius 1 is 1.29 bits per heavy atom. The highest BCUT2D eigenvalue weighted by Crippen LogP contribution is 2.29. The summed E-state index contributed by atoms with van der Waals surface area (Å²) in [6.07, 6.45) is 10.1. The van der Waals surface area contributed by atoms with Gasteiger partial charge in [0.05, 0.1) is 0 Å². The molecule has 3 heteroatoms. The second kappa shape index (κ2) is 6.97. The number of thioether (sulfide) groups is 1. The van der Waals surface area contributed by atoms with Crippen LogP contribution >= 0.6 is 23.4 Å². The van der Waals surface area contributed by atoms with E-state index >= 15 is 0 Å². The molecule has 1 fully saturated rings. The second-order valence-corrected chi connectivity index (χ2v) is 5.50. The van der Waals surface area contributed by atoms with Crippen LogP contribution in [0.4, 0.5) is 0 Å². The van der Waals surface area contributed by atoms with E-state index in [0.29, 0.717) is 0 Å². The van der Waals surface area contributed by atoms with E-state index in [0.717, 1.165) is 12.4 Å². The van der Waals surface area contributed by atoms with Gasteiger partial charge in [0.25, 0.3) is 0 Å². The van der Waals surface area contributed by atoms with Gasteiger partial charge in [-0.25, -0.2) is 0 Å². The molecule has 0 bridgehead atoms. The SMILES string of the molecule is CSCCCNC1(CCl)CCCCC1. The molecule has 1 aliphatic rings. The van der Waals surface area contributed by atoms with E-state index < -0.39 is 0 Å². The van der Waals surface area contributed by atoms with Crippen LogP contribution in [0.1, 0.15) is 38.5 Å². The van der Waals surface area contributed by atoms with Crippen LogP contribution < -0.4 is 5.32 Å². The Morgan fingerprint density at radius 3 is 2.57 bits per heavy atom. The molecule has 0 aromatic carbocycles. The molecule has 0 radical (unpaired) electrons. The molecule has 0 aliphatic heterocycles. The maximum atomic E-state index is 6.08. The lowest BCUT2D eigenvalue weighted by molar-refractivity contribution is 0.259. The van der Waals surface area contributed by atoms with Gasteiger partial charge in [-0.2, -0.15) is 11.8 Å². The first-order chi connectivity index (χ1) is 6.83. The zero-order chi connectivity index (χ0) is 10.3. The number of rotatable bonds is 6. The molecule has 0 unspecified atom stereocenters. The minimum Gasteiger partial charge on any atom is -0.310 e. The van der Waals surface area contributed by atoms with E-state index in [1.807, 2.05) is 11.8 Å². The molecule has 84 valence electrons. The number of hydrogen-bond acceptors (Lipinski definition) is 2. The first-order valence-corrected chi connectivity index (χ1v) is 7.56. The first kappa shape index (κ1) is 12.7. The summed E-state index contributed by atoms with van der Waals surface area (Å²) in [5.41, 5.74) is 0.276. The number of halogens is 1. The lowest BCUT2D eigenvalue weighted by Crippen LogP contribution is -2.48. The molecule has 1 saturated carbocycles. The molecule has 1 aliphatic carbocycles. The Hall–Kier alpha value is 0.600. The van der Waals surface area contributed by atoms with Gasteiger partial charge in [-0.05, 0) is 37.8 Å². The van der Waals surface area contributed by atoms with E-state index in [1.165, 1.54) is 44.3 Å². The van der Waals surface area contributed by atoms with Crippen molar-refractivity contribution < 1.29 is 0 Å². The Morgan fingerprint density at radius 2 is 2.00 bits per heavy atom. The van der Waals surface area contributed by atoms with Gasteiger partial charge in [-0.1, -0.05) is 19.3 Å². The first-order valence-electron chi connectivity index (χ1n) is 5.63. The average molecular weight is 236 g/mol. The fourth-order valence-corrected chi connectivity index (χ4v) is 2.95. The largest absolute Gasteiger partial charge is 0.310 e. The van der Waals surface area contributed by atoms with Crippen LogP contribution in [-0.4, -0.2) is 30.0 Å². The fourth-order valence-electron chi connectivity index (χ4n) is 2.16. The van der Waals surface area contributed by atoms with Crippen molar-refractivity contribution in [2.45, 2.75) is 44.1 Å². The molecule has 0 aromatic rings. The molecule has 0 amide bonds. The lowest BCUT2D eigenvalue weighted by Gasteiger charge is -2.36. The second-order valence-electron chi connectivity index (χ2n) is 4.25. The molecular formula is C11H22ClNS. The van der Waals surface area contributed by atoms with Crippen molar-refractivity contribution in [1.82, 2.24) is 5.32 Å². The van der Waals surface area contributed by atoms with Gasteiger partial charge in [0.1, 0.15) is 0 Å². The molecule has 0 atom stereocenters. The van der Waals surface area contributed by atoms with Crippen LogP contribution in [-0.2, 0) is 0 Å². The standard InChI is InChI=1S/C11H22ClNS/c1-14-9-5-8-13-11(10-12)6-3-2-4-7-11/h13H,2-10H2,1H3. The molecule has 1 nitrogen and oxygen atoms in total. The number of hydrogen-bond donors (Lipinski definition) is 1. The molecule has 0 aromatic heterocycles. The maximum Gasteiger partial charge on any atom is 0.0406 e. The Labute approximate surface area is 97.4 Å². The van der Waals surface area contributed by atoms with Crippen LogP contribution in [0.5, 0.6) is 0 Å². The van der Waals surface area contributed by atoms with Crippen molar-refractivity contribution in [2.24, 2.45) is 0 Å². The molecule has 0 heterocycles. The summed E-state index contributed by atoms with van der Waals surface area (Å²) in [7, 11) is 0. The van der Waals surface area contributed by atoms with Crippen LogP contribution in [0, 0.1) is 0 Å². The quantitative estimate of drug-likeness (QED) is 0.560. The van der Waals surface area contributed by atoms with Crippen molar-refractivity contribution >= 4 is 23.4 Å².